The van der Waals surface area contributed by atoms with Crippen LogP contribution in [0.2, 0.25) is 0 Å². The van der Waals surface area contributed by atoms with Gasteiger partial charge in [-0.2, -0.15) is 0 Å². The van der Waals surface area contributed by atoms with Gasteiger partial charge in [-0.15, -0.1) is 0 Å². The molecule has 0 aliphatic rings. The van der Waals surface area contributed by atoms with Gasteiger partial charge < -0.3 is 4.42 Å². The predicted octanol–water partition coefficient (Wildman–Crippen LogP) is 2.41. The molecule has 3 aromatic heterocycles. The Balaban J connectivity index is 2.60. The van der Waals surface area contributed by atoms with Gasteiger partial charge in [-0.25, -0.2) is 9.97 Å². The summed E-state index contributed by atoms with van der Waals surface area (Å²) in [6, 6.07) is 3.62. The fraction of sp³-hybridized carbons (Fsp3) is 0.182. The van der Waals surface area contributed by atoms with E-state index in [0.717, 1.165) is 5.69 Å². The molecule has 0 aliphatic heterocycles. The number of pyridine rings is 1. The Morgan fingerprint density at radius 2 is 2.06 bits per heavy atom. The quantitative estimate of drug-likeness (QED) is 0.597. The van der Waals surface area contributed by atoms with Gasteiger partial charge in [0.1, 0.15) is 4.83 Å². The molecule has 3 aromatic rings. The first-order valence-electron chi connectivity index (χ1n) is 4.83. The third-order valence-corrected chi connectivity index (χ3v) is 3.32. The summed E-state index contributed by atoms with van der Waals surface area (Å²) in [6.07, 6.45) is 0. The first-order valence-corrected chi connectivity index (χ1v) is 5.64. The van der Waals surface area contributed by atoms with Crippen molar-refractivity contribution in [1.29, 1.82) is 0 Å². The number of aromatic nitrogens is 2. The minimum Gasteiger partial charge on any atom is -0.430 e. The number of rotatable bonds is 0. The lowest BCUT2D eigenvalue weighted by molar-refractivity contribution is 0.567. The van der Waals surface area contributed by atoms with Crippen LogP contribution in [-0.2, 0) is 0 Å². The third kappa shape index (κ3) is 1.25. The highest BCUT2D eigenvalue weighted by Crippen LogP contribution is 2.23. The van der Waals surface area contributed by atoms with Crippen LogP contribution in [0.5, 0.6) is 0 Å². The van der Waals surface area contributed by atoms with Gasteiger partial charge in [-0.1, -0.05) is 11.3 Å². The van der Waals surface area contributed by atoms with Crippen LogP contribution in [0.25, 0.3) is 20.6 Å². The van der Waals surface area contributed by atoms with Crippen LogP contribution in [-0.4, -0.2) is 9.97 Å². The molecule has 3 rings (SSSR count). The van der Waals surface area contributed by atoms with Crippen molar-refractivity contribution in [2.75, 3.05) is 0 Å². The van der Waals surface area contributed by atoms with E-state index in [1.807, 2.05) is 13.0 Å². The molecule has 0 N–H and O–H groups in total. The van der Waals surface area contributed by atoms with Gasteiger partial charge in [0.15, 0.2) is 11.4 Å². The highest BCUT2D eigenvalue weighted by molar-refractivity contribution is 7.23. The molecular weight excluding hydrogens is 224 g/mol. The molecule has 3 heterocycles. The Labute approximate surface area is 94.6 Å². The maximum Gasteiger partial charge on any atom is 0.219 e. The van der Waals surface area contributed by atoms with E-state index < -0.39 is 0 Å². The molecule has 0 amide bonds. The Morgan fingerprint density at radius 3 is 2.88 bits per heavy atom. The first kappa shape index (κ1) is 9.47. The second-order valence-corrected chi connectivity index (χ2v) is 4.57. The summed E-state index contributed by atoms with van der Waals surface area (Å²) in [5.74, 6) is 0.510. The van der Waals surface area contributed by atoms with Crippen molar-refractivity contribution in [3.8, 4) is 0 Å². The summed E-state index contributed by atoms with van der Waals surface area (Å²) in [6.45, 7) is 3.63. The van der Waals surface area contributed by atoms with Crippen LogP contribution >= 0.6 is 11.3 Å². The van der Waals surface area contributed by atoms with Gasteiger partial charge in [-0.3, -0.25) is 4.79 Å². The van der Waals surface area contributed by atoms with Crippen molar-refractivity contribution < 1.29 is 4.42 Å². The largest absolute Gasteiger partial charge is 0.430 e. The minimum absolute atomic E-state index is 0.104. The molecule has 0 bridgehead atoms. The molecule has 0 saturated heterocycles. The normalized spacial score (nSPS) is 11.4. The molecule has 0 unspecified atom stereocenters. The lowest BCUT2D eigenvalue weighted by atomic mass is 10.3. The van der Waals surface area contributed by atoms with Gasteiger partial charge in [0.2, 0.25) is 10.3 Å². The zero-order chi connectivity index (χ0) is 11.3. The maximum absolute atomic E-state index is 12.1. The van der Waals surface area contributed by atoms with Crippen LogP contribution in [0.3, 0.4) is 0 Å². The fourth-order valence-corrected chi connectivity index (χ4v) is 2.65. The average Bonchev–Trinajstić information content (AvgIpc) is 2.59. The van der Waals surface area contributed by atoms with Crippen LogP contribution in [0.1, 0.15) is 11.6 Å². The SMILES string of the molecule is Cc1ccc2c(=O)c3nc(C)oc3sc2n1. The van der Waals surface area contributed by atoms with E-state index in [0.29, 0.717) is 26.5 Å². The van der Waals surface area contributed by atoms with Crippen molar-refractivity contribution >= 4 is 32.0 Å². The van der Waals surface area contributed by atoms with Gasteiger partial charge in [0.25, 0.3) is 0 Å². The number of nitrogens with zero attached hydrogens (tertiary/aromatic N) is 2. The lowest BCUT2D eigenvalue weighted by Gasteiger charge is -1.95. The van der Waals surface area contributed by atoms with Crippen molar-refractivity contribution in [1.82, 2.24) is 9.97 Å². The molecule has 4 nitrogen and oxygen atoms in total. The minimum atomic E-state index is -0.104. The average molecular weight is 232 g/mol. The molecule has 0 spiro atoms. The Bertz CT molecular complexity index is 758. The standard InChI is InChI=1S/C11H8N2O2S/c1-5-3-4-7-9(14)8-11(15-6(2)13-8)16-10(7)12-5/h3-4H,1-2H3. The second-order valence-electron chi connectivity index (χ2n) is 3.61. The van der Waals surface area contributed by atoms with Gasteiger partial charge in [0, 0.05) is 12.6 Å². The molecular formula is C11H8N2O2S. The number of hydrogen-bond acceptors (Lipinski definition) is 5. The van der Waals surface area contributed by atoms with Gasteiger partial charge in [0.05, 0.1) is 5.39 Å². The zero-order valence-electron chi connectivity index (χ0n) is 8.77. The van der Waals surface area contributed by atoms with Crippen LogP contribution in [0, 0.1) is 13.8 Å². The highest BCUT2D eigenvalue weighted by Gasteiger charge is 2.11. The molecule has 16 heavy (non-hydrogen) atoms. The molecule has 5 heteroatoms. The summed E-state index contributed by atoms with van der Waals surface area (Å²) in [5, 5.41) is 0.608. The second kappa shape index (κ2) is 3.12. The highest BCUT2D eigenvalue weighted by atomic mass is 32.1. The van der Waals surface area contributed by atoms with E-state index in [1.165, 1.54) is 11.3 Å². The predicted molar refractivity (Wildman–Crippen MR) is 62.9 cm³/mol. The lowest BCUT2D eigenvalue weighted by Crippen LogP contribution is -2.02. The number of oxazole rings is 1. The van der Waals surface area contributed by atoms with E-state index >= 15 is 0 Å². The van der Waals surface area contributed by atoms with Crippen LogP contribution in [0.4, 0.5) is 0 Å². The van der Waals surface area contributed by atoms with Crippen molar-refractivity contribution in [3.63, 3.8) is 0 Å². The first-order chi connectivity index (χ1) is 7.65. The summed E-state index contributed by atoms with van der Waals surface area (Å²) in [7, 11) is 0. The smallest absolute Gasteiger partial charge is 0.219 e. The maximum atomic E-state index is 12.1. The Kier molecular flexibility index (Phi) is 1.85. The molecule has 0 fully saturated rings. The van der Waals surface area contributed by atoms with Crippen LogP contribution < -0.4 is 5.43 Å². The molecule has 80 valence electrons. The van der Waals surface area contributed by atoms with E-state index in [2.05, 4.69) is 9.97 Å². The van der Waals surface area contributed by atoms with Crippen LogP contribution in [0.15, 0.2) is 21.3 Å². The Morgan fingerprint density at radius 1 is 1.25 bits per heavy atom. The molecule has 0 atom stereocenters. The number of hydrogen-bond donors (Lipinski definition) is 0. The van der Waals surface area contributed by atoms with E-state index in [9.17, 15) is 4.79 Å². The van der Waals surface area contributed by atoms with Gasteiger partial charge in [-0.05, 0) is 19.1 Å². The summed E-state index contributed by atoms with van der Waals surface area (Å²) >= 11 is 1.36. The fourth-order valence-electron chi connectivity index (χ4n) is 1.62. The summed E-state index contributed by atoms with van der Waals surface area (Å²) in [5.41, 5.74) is 1.19. The van der Waals surface area contributed by atoms with Crippen molar-refractivity contribution in [2.45, 2.75) is 13.8 Å². The van der Waals surface area contributed by atoms with E-state index in [4.69, 9.17) is 4.42 Å². The molecule has 0 aromatic carbocycles. The topological polar surface area (TPSA) is 56.0 Å². The third-order valence-electron chi connectivity index (χ3n) is 2.35. The zero-order valence-corrected chi connectivity index (χ0v) is 9.59. The summed E-state index contributed by atoms with van der Waals surface area (Å²) < 4.78 is 5.36. The monoisotopic (exact) mass is 232 g/mol. The molecule has 0 aliphatic carbocycles. The van der Waals surface area contributed by atoms with Crippen molar-refractivity contribution in [3.05, 3.63) is 33.9 Å². The molecule has 0 radical (unpaired) electrons. The van der Waals surface area contributed by atoms with Crippen molar-refractivity contribution in [2.24, 2.45) is 0 Å². The Hall–Kier alpha value is -1.75. The number of fused-ring (bicyclic) bond motifs is 2. The van der Waals surface area contributed by atoms with Gasteiger partial charge >= 0.3 is 0 Å². The van der Waals surface area contributed by atoms with E-state index in [1.54, 1.807) is 13.0 Å². The molecule has 0 saturated carbocycles. The summed E-state index contributed by atoms with van der Waals surface area (Å²) in [4.78, 5) is 21.7. The number of aryl methyl sites for hydroxylation is 2. The van der Waals surface area contributed by atoms with E-state index in [-0.39, 0.29) is 5.43 Å².